The quantitative estimate of drug-likeness (QED) is 0.439. The maximum atomic E-state index is 5.22. The van der Waals surface area contributed by atoms with Crippen LogP contribution in [0.15, 0.2) is 34.5 Å². The largest absolute Gasteiger partial charge is 0.369 e. The van der Waals surface area contributed by atoms with Crippen LogP contribution in [0.4, 0.5) is 0 Å². The van der Waals surface area contributed by atoms with Gasteiger partial charge in [-0.15, -0.1) is 5.10 Å². The van der Waals surface area contributed by atoms with Crippen molar-refractivity contribution in [2.24, 2.45) is 33.5 Å². The summed E-state index contributed by atoms with van der Waals surface area (Å²) >= 11 is 0. The van der Waals surface area contributed by atoms with Crippen LogP contribution in [0, 0.1) is 11.8 Å². The topological polar surface area (TPSA) is 80.0 Å². The highest BCUT2D eigenvalue weighted by molar-refractivity contribution is 5.81. The first-order chi connectivity index (χ1) is 10.4. The van der Waals surface area contributed by atoms with E-state index in [9.17, 15) is 0 Å². The third kappa shape index (κ3) is 7.78. The lowest BCUT2D eigenvalue weighted by molar-refractivity contribution is 0.211. The molecule has 4 N–H and O–H groups in total. The van der Waals surface area contributed by atoms with Gasteiger partial charge in [0.25, 0.3) is 0 Å². The molecule has 0 aliphatic heterocycles. The summed E-state index contributed by atoms with van der Waals surface area (Å²) in [5.41, 5.74) is 12.7. The molecule has 5 heteroatoms. The molecule has 0 atom stereocenters. The lowest BCUT2D eigenvalue weighted by Gasteiger charge is -2.26. The maximum Gasteiger partial charge on any atom is 0.211 e. The van der Waals surface area contributed by atoms with Gasteiger partial charge in [-0.3, -0.25) is 4.90 Å². The van der Waals surface area contributed by atoms with Crippen LogP contribution >= 0.6 is 0 Å². The Kier molecular flexibility index (Phi) is 7.60. The molecule has 0 aliphatic rings. The molecule has 0 saturated carbocycles. The SMILES string of the molecule is CC(C)CN(Cc1ccc(C=NN=C(N)N)cc1)CC(C)C. The van der Waals surface area contributed by atoms with Gasteiger partial charge in [-0.05, 0) is 23.0 Å². The van der Waals surface area contributed by atoms with E-state index >= 15 is 0 Å². The van der Waals surface area contributed by atoms with Gasteiger partial charge in [0.2, 0.25) is 5.96 Å². The highest BCUT2D eigenvalue weighted by atomic mass is 15.3. The van der Waals surface area contributed by atoms with Crippen LogP contribution < -0.4 is 11.5 Å². The molecule has 0 aliphatic carbocycles. The van der Waals surface area contributed by atoms with E-state index in [2.05, 4.69) is 54.9 Å². The Hall–Kier alpha value is -1.88. The number of guanidine groups is 1. The molecule has 0 saturated heterocycles. The Labute approximate surface area is 134 Å². The zero-order valence-corrected chi connectivity index (χ0v) is 14.2. The lowest BCUT2D eigenvalue weighted by atomic mass is 10.1. The van der Waals surface area contributed by atoms with Gasteiger partial charge in [0.05, 0.1) is 6.21 Å². The Bertz CT molecular complexity index is 474. The normalized spacial score (nSPS) is 11.8. The van der Waals surface area contributed by atoms with Crippen LogP contribution in [-0.2, 0) is 6.54 Å². The van der Waals surface area contributed by atoms with E-state index in [0.29, 0.717) is 11.8 Å². The van der Waals surface area contributed by atoms with Crippen molar-refractivity contribution in [1.29, 1.82) is 0 Å². The molecule has 0 heterocycles. The fraction of sp³-hybridized carbons (Fsp3) is 0.529. The van der Waals surface area contributed by atoms with Gasteiger partial charge in [-0.1, -0.05) is 52.0 Å². The second-order valence-electron chi connectivity index (χ2n) is 6.49. The van der Waals surface area contributed by atoms with Crippen LogP contribution in [0.5, 0.6) is 0 Å². The monoisotopic (exact) mass is 303 g/mol. The first kappa shape index (κ1) is 18.2. The van der Waals surface area contributed by atoms with Crippen molar-refractivity contribution in [3.8, 4) is 0 Å². The summed E-state index contributed by atoms with van der Waals surface area (Å²) in [6, 6.07) is 8.32. The summed E-state index contributed by atoms with van der Waals surface area (Å²) in [7, 11) is 0. The van der Waals surface area contributed by atoms with Gasteiger partial charge in [0.1, 0.15) is 0 Å². The number of hydrogen-bond acceptors (Lipinski definition) is 3. The van der Waals surface area contributed by atoms with Gasteiger partial charge >= 0.3 is 0 Å². The van der Waals surface area contributed by atoms with Crippen LogP contribution in [0.3, 0.4) is 0 Å². The molecule has 0 unspecified atom stereocenters. The molecular weight excluding hydrogens is 274 g/mol. The zero-order valence-electron chi connectivity index (χ0n) is 14.2. The molecule has 0 amide bonds. The predicted molar refractivity (Wildman–Crippen MR) is 94.8 cm³/mol. The molecule has 1 aromatic rings. The van der Waals surface area contributed by atoms with E-state index in [1.54, 1.807) is 6.21 Å². The molecule has 0 spiro atoms. The Morgan fingerprint density at radius 1 is 1.05 bits per heavy atom. The Morgan fingerprint density at radius 2 is 1.59 bits per heavy atom. The molecule has 0 aromatic heterocycles. The third-order valence-corrected chi connectivity index (χ3v) is 3.01. The summed E-state index contributed by atoms with van der Waals surface area (Å²) in [5.74, 6) is 1.31. The summed E-state index contributed by atoms with van der Waals surface area (Å²) in [4.78, 5) is 2.51. The Balaban J connectivity index is 2.67. The third-order valence-electron chi connectivity index (χ3n) is 3.01. The minimum absolute atomic E-state index is 0.0362. The zero-order chi connectivity index (χ0) is 16.5. The standard InChI is InChI=1S/C17H29N5/c1-13(2)10-22(11-14(3)4)12-16-7-5-15(6-8-16)9-20-21-17(18)19/h5-9,13-14H,10-12H2,1-4H3,(H4,18,19,21). The van der Waals surface area contributed by atoms with Crippen molar-refractivity contribution < 1.29 is 0 Å². The fourth-order valence-corrected chi connectivity index (χ4v) is 2.37. The minimum atomic E-state index is -0.0362. The average Bonchev–Trinajstić information content (AvgIpc) is 2.38. The van der Waals surface area contributed by atoms with Crippen molar-refractivity contribution in [2.75, 3.05) is 13.1 Å². The summed E-state index contributed by atoms with van der Waals surface area (Å²) in [6.07, 6.45) is 1.64. The number of benzene rings is 1. The molecule has 22 heavy (non-hydrogen) atoms. The molecule has 0 radical (unpaired) electrons. The Morgan fingerprint density at radius 3 is 2.05 bits per heavy atom. The van der Waals surface area contributed by atoms with Crippen LogP contribution in [0.25, 0.3) is 0 Å². The van der Waals surface area contributed by atoms with Crippen molar-refractivity contribution in [2.45, 2.75) is 34.2 Å². The molecule has 122 valence electrons. The number of rotatable bonds is 8. The fourth-order valence-electron chi connectivity index (χ4n) is 2.37. The van der Waals surface area contributed by atoms with Gasteiger partial charge in [0, 0.05) is 19.6 Å². The molecule has 1 aromatic carbocycles. The molecule has 0 fully saturated rings. The van der Waals surface area contributed by atoms with Crippen molar-refractivity contribution in [1.82, 2.24) is 4.90 Å². The number of nitrogens with two attached hydrogens (primary N) is 2. The number of hydrogen-bond donors (Lipinski definition) is 2. The van der Waals surface area contributed by atoms with E-state index in [-0.39, 0.29) is 5.96 Å². The van der Waals surface area contributed by atoms with Crippen LogP contribution in [0.1, 0.15) is 38.8 Å². The molecule has 1 rings (SSSR count). The highest BCUT2D eigenvalue weighted by Crippen LogP contribution is 2.11. The van der Waals surface area contributed by atoms with E-state index in [1.165, 1.54) is 5.56 Å². The first-order valence-corrected chi connectivity index (χ1v) is 7.80. The molecule has 0 bridgehead atoms. The van der Waals surface area contributed by atoms with Gasteiger partial charge in [-0.2, -0.15) is 5.10 Å². The highest BCUT2D eigenvalue weighted by Gasteiger charge is 2.10. The van der Waals surface area contributed by atoms with Gasteiger partial charge in [-0.25, -0.2) is 0 Å². The van der Waals surface area contributed by atoms with Crippen LogP contribution in [-0.4, -0.2) is 30.2 Å². The maximum absolute atomic E-state index is 5.22. The van der Waals surface area contributed by atoms with Gasteiger partial charge < -0.3 is 11.5 Å². The summed E-state index contributed by atoms with van der Waals surface area (Å²) in [6.45, 7) is 12.2. The van der Waals surface area contributed by atoms with E-state index in [1.807, 2.05) is 12.1 Å². The second kappa shape index (κ2) is 9.20. The predicted octanol–water partition coefficient (Wildman–Crippen LogP) is 2.41. The van der Waals surface area contributed by atoms with E-state index in [0.717, 1.165) is 25.2 Å². The molecular formula is C17H29N5. The smallest absolute Gasteiger partial charge is 0.211 e. The lowest BCUT2D eigenvalue weighted by Crippen LogP contribution is -2.30. The van der Waals surface area contributed by atoms with Crippen molar-refractivity contribution in [3.05, 3.63) is 35.4 Å². The molecule has 5 nitrogen and oxygen atoms in total. The van der Waals surface area contributed by atoms with E-state index in [4.69, 9.17) is 11.5 Å². The van der Waals surface area contributed by atoms with E-state index < -0.39 is 0 Å². The first-order valence-electron chi connectivity index (χ1n) is 7.80. The summed E-state index contributed by atoms with van der Waals surface area (Å²) in [5, 5.41) is 7.40. The van der Waals surface area contributed by atoms with Crippen molar-refractivity contribution >= 4 is 12.2 Å². The summed E-state index contributed by atoms with van der Waals surface area (Å²) < 4.78 is 0. The second-order valence-corrected chi connectivity index (χ2v) is 6.49. The average molecular weight is 303 g/mol. The van der Waals surface area contributed by atoms with Crippen molar-refractivity contribution in [3.63, 3.8) is 0 Å². The van der Waals surface area contributed by atoms with Crippen LogP contribution in [0.2, 0.25) is 0 Å². The number of nitrogens with zero attached hydrogens (tertiary/aromatic N) is 3. The minimum Gasteiger partial charge on any atom is -0.369 e. The van der Waals surface area contributed by atoms with Gasteiger partial charge in [0.15, 0.2) is 0 Å².